The highest BCUT2D eigenvalue weighted by Crippen LogP contribution is 2.21. The number of hydrogen-bond acceptors (Lipinski definition) is 4. The molecule has 2 aromatic heterocycles. The average Bonchev–Trinajstić information content (AvgIpc) is 2.81. The van der Waals surface area contributed by atoms with E-state index in [9.17, 15) is 4.79 Å². The number of carbonyl (C=O) groups excluding carboxylic acids is 1. The summed E-state index contributed by atoms with van der Waals surface area (Å²) >= 11 is 0. The zero-order valence-electron chi connectivity index (χ0n) is 12.4. The highest BCUT2D eigenvalue weighted by Gasteiger charge is 2.07. The van der Waals surface area contributed by atoms with Gasteiger partial charge in [-0.05, 0) is 38.8 Å². The van der Waals surface area contributed by atoms with E-state index in [0.29, 0.717) is 12.5 Å². The quantitative estimate of drug-likeness (QED) is 0.652. The normalized spacial score (nSPS) is 11.7. The molecule has 0 aliphatic rings. The second-order valence-electron chi connectivity index (χ2n) is 5.22. The van der Waals surface area contributed by atoms with E-state index >= 15 is 0 Å². The number of hydrogen-bond donors (Lipinski definition) is 2. The highest BCUT2D eigenvalue weighted by atomic mass is 16.1. The number of fused-ring (bicyclic) bond motifs is 1. The third-order valence-electron chi connectivity index (χ3n) is 3.10. The number of nitrogens with zero attached hydrogens (tertiary/aromatic N) is 2. The van der Waals surface area contributed by atoms with Gasteiger partial charge < -0.3 is 10.3 Å². The summed E-state index contributed by atoms with van der Waals surface area (Å²) in [6.07, 6.45) is 5.83. The molecule has 0 unspecified atom stereocenters. The molecule has 0 aliphatic carbocycles. The van der Waals surface area contributed by atoms with Gasteiger partial charge in [-0.15, -0.1) is 0 Å². The van der Waals surface area contributed by atoms with Gasteiger partial charge in [0.2, 0.25) is 0 Å². The number of pyridine rings is 1. The maximum Gasteiger partial charge on any atom is 0.169 e. The molecule has 0 fully saturated rings. The SMILES string of the molecule is CC(=O)C(C#N)=CCc1c[nH]c2ncc(NC(C)C)cc12. The van der Waals surface area contributed by atoms with Crippen molar-refractivity contribution >= 4 is 22.5 Å². The van der Waals surface area contributed by atoms with Crippen LogP contribution in [0.1, 0.15) is 26.3 Å². The van der Waals surface area contributed by atoms with Gasteiger partial charge in [0.05, 0.1) is 17.5 Å². The first-order valence-corrected chi connectivity index (χ1v) is 6.85. The molecule has 108 valence electrons. The Kier molecular flexibility index (Phi) is 4.39. The molecule has 2 heterocycles. The van der Waals surface area contributed by atoms with Gasteiger partial charge in [-0.25, -0.2) is 4.98 Å². The number of rotatable bonds is 5. The van der Waals surface area contributed by atoms with Gasteiger partial charge >= 0.3 is 0 Å². The Bertz CT molecular complexity index is 734. The van der Waals surface area contributed by atoms with Crippen LogP contribution < -0.4 is 5.32 Å². The second kappa shape index (κ2) is 6.23. The van der Waals surface area contributed by atoms with Crippen molar-refractivity contribution in [1.82, 2.24) is 9.97 Å². The number of allylic oxidation sites excluding steroid dienone is 2. The molecule has 0 aliphatic heterocycles. The van der Waals surface area contributed by atoms with E-state index in [0.717, 1.165) is 22.3 Å². The minimum atomic E-state index is -0.211. The predicted molar refractivity (Wildman–Crippen MR) is 82.9 cm³/mol. The lowest BCUT2D eigenvalue weighted by Crippen LogP contribution is -2.09. The maximum absolute atomic E-state index is 11.3. The molecule has 5 heteroatoms. The van der Waals surface area contributed by atoms with Crippen LogP contribution in [0.25, 0.3) is 11.0 Å². The molecule has 21 heavy (non-hydrogen) atoms. The number of Topliss-reactive ketones (excluding diaryl/α,β-unsaturated/α-hetero) is 1. The van der Waals surface area contributed by atoms with Crippen molar-refractivity contribution in [3.8, 4) is 6.07 Å². The van der Waals surface area contributed by atoms with E-state index in [1.165, 1.54) is 6.92 Å². The fraction of sp³-hybridized carbons (Fsp3) is 0.312. The summed E-state index contributed by atoms with van der Waals surface area (Å²) in [6.45, 7) is 5.53. The van der Waals surface area contributed by atoms with Gasteiger partial charge in [0.1, 0.15) is 11.7 Å². The van der Waals surface area contributed by atoms with Crippen LogP contribution in [-0.2, 0) is 11.2 Å². The fourth-order valence-electron chi connectivity index (χ4n) is 2.12. The van der Waals surface area contributed by atoms with Gasteiger partial charge in [0.15, 0.2) is 5.78 Å². The van der Waals surface area contributed by atoms with E-state index in [-0.39, 0.29) is 11.4 Å². The van der Waals surface area contributed by atoms with Crippen LogP contribution in [0.3, 0.4) is 0 Å². The van der Waals surface area contributed by atoms with Crippen molar-refractivity contribution in [2.75, 3.05) is 5.32 Å². The molecular formula is C16H18N4O. The van der Waals surface area contributed by atoms with Crippen LogP contribution in [0.5, 0.6) is 0 Å². The van der Waals surface area contributed by atoms with Crippen LogP contribution in [0, 0.1) is 11.3 Å². The number of aromatic amines is 1. The van der Waals surface area contributed by atoms with Gasteiger partial charge in [-0.1, -0.05) is 6.08 Å². The van der Waals surface area contributed by atoms with Crippen LogP contribution in [-0.4, -0.2) is 21.8 Å². The molecule has 0 saturated carbocycles. The number of aromatic nitrogens is 2. The Labute approximate surface area is 123 Å². The third-order valence-corrected chi connectivity index (χ3v) is 3.10. The second-order valence-corrected chi connectivity index (χ2v) is 5.22. The first kappa shape index (κ1) is 14.8. The number of carbonyl (C=O) groups is 1. The molecule has 0 amide bonds. The maximum atomic E-state index is 11.3. The van der Waals surface area contributed by atoms with E-state index in [1.54, 1.807) is 12.3 Å². The Morgan fingerprint density at radius 3 is 2.95 bits per heavy atom. The summed E-state index contributed by atoms with van der Waals surface area (Å²) in [5.74, 6) is -0.211. The van der Waals surface area contributed by atoms with Gasteiger partial charge in [0, 0.05) is 17.6 Å². The van der Waals surface area contributed by atoms with Crippen LogP contribution in [0.2, 0.25) is 0 Å². The molecule has 0 aromatic carbocycles. The molecular weight excluding hydrogens is 264 g/mol. The lowest BCUT2D eigenvalue weighted by atomic mass is 10.1. The van der Waals surface area contributed by atoms with E-state index in [1.807, 2.05) is 18.3 Å². The largest absolute Gasteiger partial charge is 0.382 e. The minimum Gasteiger partial charge on any atom is -0.382 e. The van der Waals surface area contributed by atoms with Crippen molar-refractivity contribution in [2.45, 2.75) is 33.2 Å². The number of H-pyrrole nitrogens is 1. The van der Waals surface area contributed by atoms with Gasteiger partial charge in [-0.2, -0.15) is 5.26 Å². The van der Waals surface area contributed by atoms with Gasteiger partial charge in [-0.3, -0.25) is 4.79 Å². The molecule has 2 aromatic rings. The summed E-state index contributed by atoms with van der Waals surface area (Å²) < 4.78 is 0. The summed E-state index contributed by atoms with van der Waals surface area (Å²) in [7, 11) is 0. The Morgan fingerprint density at radius 2 is 2.33 bits per heavy atom. The third kappa shape index (κ3) is 3.48. The van der Waals surface area contributed by atoms with Crippen LogP contribution >= 0.6 is 0 Å². The van der Waals surface area contributed by atoms with Crippen molar-refractivity contribution in [1.29, 1.82) is 5.26 Å². The molecule has 0 saturated heterocycles. The summed E-state index contributed by atoms with van der Waals surface area (Å²) in [6, 6.07) is 4.28. The minimum absolute atomic E-state index is 0.189. The predicted octanol–water partition coefficient (Wildman–Crippen LogP) is 2.96. The van der Waals surface area contributed by atoms with Crippen molar-refractivity contribution in [3.05, 3.63) is 35.7 Å². The molecule has 2 rings (SSSR count). The summed E-state index contributed by atoms with van der Waals surface area (Å²) in [5.41, 5.74) is 2.95. The smallest absolute Gasteiger partial charge is 0.169 e. The van der Waals surface area contributed by atoms with Gasteiger partial charge in [0.25, 0.3) is 0 Å². The summed E-state index contributed by atoms with van der Waals surface area (Å²) in [5, 5.41) is 13.2. The van der Waals surface area contributed by atoms with Crippen molar-refractivity contribution in [3.63, 3.8) is 0 Å². The summed E-state index contributed by atoms with van der Waals surface area (Å²) in [4.78, 5) is 18.7. The monoisotopic (exact) mass is 282 g/mol. The topological polar surface area (TPSA) is 81.6 Å². The molecule has 0 spiro atoms. The van der Waals surface area contributed by atoms with Crippen LogP contribution in [0.4, 0.5) is 5.69 Å². The lowest BCUT2D eigenvalue weighted by molar-refractivity contribution is -0.113. The van der Waals surface area contributed by atoms with Crippen LogP contribution in [0.15, 0.2) is 30.1 Å². The molecule has 0 radical (unpaired) electrons. The highest BCUT2D eigenvalue weighted by molar-refractivity contribution is 5.97. The average molecular weight is 282 g/mol. The number of anilines is 1. The van der Waals surface area contributed by atoms with E-state index < -0.39 is 0 Å². The Morgan fingerprint density at radius 1 is 1.57 bits per heavy atom. The fourth-order valence-corrected chi connectivity index (χ4v) is 2.12. The first-order valence-electron chi connectivity index (χ1n) is 6.85. The number of nitrogens with one attached hydrogen (secondary N) is 2. The molecule has 2 N–H and O–H groups in total. The van der Waals surface area contributed by atoms with Crippen molar-refractivity contribution < 1.29 is 4.79 Å². The lowest BCUT2D eigenvalue weighted by Gasteiger charge is -2.09. The standard InChI is InChI=1S/C16H18N4O/c1-10(2)20-14-6-15-13(8-18-16(15)19-9-14)5-4-12(7-17)11(3)21/h4,6,8-10,20H,5H2,1-3H3,(H,18,19). The molecule has 5 nitrogen and oxygen atoms in total. The Balaban J connectivity index is 2.32. The molecule has 0 atom stereocenters. The first-order chi connectivity index (χ1) is 10.0. The number of ketones is 1. The van der Waals surface area contributed by atoms with Crippen molar-refractivity contribution in [2.24, 2.45) is 0 Å². The van der Waals surface area contributed by atoms with E-state index in [2.05, 4.69) is 29.1 Å². The zero-order chi connectivity index (χ0) is 15.4. The Hall–Kier alpha value is -2.61. The number of nitriles is 1. The van der Waals surface area contributed by atoms with E-state index in [4.69, 9.17) is 5.26 Å². The molecule has 0 bridgehead atoms. The zero-order valence-corrected chi connectivity index (χ0v) is 12.4.